The average Bonchev–Trinajstić information content (AvgIpc) is 3.28. The molecule has 0 atom stereocenters. The lowest BCUT2D eigenvalue weighted by molar-refractivity contribution is -0.117. The van der Waals surface area contributed by atoms with Crippen molar-refractivity contribution in [3.05, 3.63) is 76.8 Å². The van der Waals surface area contributed by atoms with Gasteiger partial charge < -0.3 is 15.0 Å². The van der Waals surface area contributed by atoms with Gasteiger partial charge in [0.25, 0.3) is 10.0 Å². The number of methoxy groups -OCH3 is 1. The fraction of sp³-hybridized carbons (Fsp3) is 0.259. The normalized spacial score (nSPS) is 13.5. The molecule has 1 aliphatic heterocycles. The highest BCUT2D eigenvalue weighted by molar-refractivity contribution is 7.92. The van der Waals surface area contributed by atoms with E-state index < -0.39 is 22.5 Å². The third-order valence-corrected chi connectivity index (χ3v) is 8.25. The molecule has 1 heterocycles. The van der Waals surface area contributed by atoms with Gasteiger partial charge in [-0.2, -0.15) is 0 Å². The van der Waals surface area contributed by atoms with Crippen molar-refractivity contribution in [2.24, 2.45) is 0 Å². The molecule has 10 heteroatoms. The predicted octanol–water partition coefficient (Wildman–Crippen LogP) is 4.93. The number of aryl methyl sites for hydroxylation is 2. The Balaban J connectivity index is 1.61. The number of benzene rings is 3. The number of nitrogens with zero attached hydrogens (tertiary/aromatic N) is 2. The summed E-state index contributed by atoms with van der Waals surface area (Å²) in [6.07, 6.45) is 1.34. The predicted molar refractivity (Wildman–Crippen MR) is 145 cm³/mol. The maximum absolute atomic E-state index is 13.6. The van der Waals surface area contributed by atoms with Crippen LogP contribution in [0.1, 0.15) is 24.0 Å². The molecule has 3 aromatic rings. The molecule has 0 unspecified atom stereocenters. The molecule has 194 valence electrons. The van der Waals surface area contributed by atoms with Crippen LogP contribution in [-0.2, 0) is 19.6 Å². The standard InChI is InChI=1S/C27H28ClN3O5S/c1-18-6-10-22(11-7-18)37(34,35)31(21-9-13-25(36-3)23(28)16-21)17-26(32)29-20-8-12-24(19(2)15-20)30-14-4-5-27(30)33/h6-13,15-16H,4-5,14,17H2,1-3H3,(H,29,32). The highest BCUT2D eigenvalue weighted by Gasteiger charge is 2.28. The molecule has 0 aliphatic carbocycles. The molecule has 3 aromatic carbocycles. The molecule has 4 rings (SSSR count). The summed E-state index contributed by atoms with van der Waals surface area (Å²) in [5.41, 5.74) is 3.26. The minimum Gasteiger partial charge on any atom is -0.495 e. The minimum atomic E-state index is -4.10. The number of halogens is 1. The van der Waals surface area contributed by atoms with Crippen molar-refractivity contribution >= 4 is 50.5 Å². The maximum Gasteiger partial charge on any atom is 0.264 e. The number of rotatable bonds is 8. The second-order valence-corrected chi connectivity index (χ2v) is 11.1. The van der Waals surface area contributed by atoms with Crippen molar-refractivity contribution in [3.63, 3.8) is 0 Å². The zero-order chi connectivity index (χ0) is 26.7. The molecule has 0 spiro atoms. The van der Waals surface area contributed by atoms with Crippen LogP contribution in [0, 0.1) is 13.8 Å². The lowest BCUT2D eigenvalue weighted by Gasteiger charge is -2.25. The van der Waals surface area contributed by atoms with Gasteiger partial charge in [0.05, 0.1) is 22.7 Å². The van der Waals surface area contributed by atoms with Crippen LogP contribution in [0.4, 0.5) is 17.1 Å². The molecule has 1 aliphatic rings. The smallest absolute Gasteiger partial charge is 0.264 e. The van der Waals surface area contributed by atoms with E-state index in [1.165, 1.54) is 31.4 Å². The van der Waals surface area contributed by atoms with Crippen LogP contribution in [0.15, 0.2) is 65.6 Å². The van der Waals surface area contributed by atoms with Crippen LogP contribution in [0.5, 0.6) is 5.75 Å². The van der Waals surface area contributed by atoms with Gasteiger partial charge in [-0.15, -0.1) is 0 Å². The zero-order valence-electron chi connectivity index (χ0n) is 20.8. The number of amides is 2. The zero-order valence-corrected chi connectivity index (χ0v) is 22.4. The van der Waals surface area contributed by atoms with E-state index in [1.54, 1.807) is 41.3 Å². The topological polar surface area (TPSA) is 96.0 Å². The van der Waals surface area contributed by atoms with Gasteiger partial charge in [0.2, 0.25) is 11.8 Å². The number of hydrogen-bond acceptors (Lipinski definition) is 5. The van der Waals surface area contributed by atoms with E-state index in [2.05, 4.69) is 5.32 Å². The van der Waals surface area contributed by atoms with Gasteiger partial charge in [-0.05, 0) is 74.4 Å². The van der Waals surface area contributed by atoms with Crippen molar-refractivity contribution in [1.29, 1.82) is 0 Å². The molecular formula is C27H28ClN3O5S. The molecule has 2 amide bonds. The van der Waals surface area contributed by atoms with E-state index in [-0.39, 0.29) is 21.5 Å². The summed E-state index contributed by atoms with van der Waals surface area (Å²) >= 11 is 6.28. The van der Waals surface area contributed by atoms with E-state index in [0.29, 0.717) is 24.4 Å². The van der Waals surface area contributed by atoms with E-state index in [9.17, 15) is 18.0 Å². The summed E-state index contributed by atoms with van der Waals surface area (Å²) in [7, 11) is -2.64. The highest BCUT2D eigenvalue weighted by atomic mass is 35.5. The van der Waals surface area contributed by atoms with Crippen molar-refractivity contribution in [2.45, 2.75) is 31.6 Å². The summed E-state index contributed by atoms with van der Waals surface area (Å²) in [6, 6.07) is 16.2. The third kappa shape index (κ3) is 5.73. The first-order valence-electron chi connectivity index (χ1n) is 11.7. The lowest BCUT2D eigenvalue weighted by Crippen LogP contribution is -2.38. The second-order valence-electron chi connectivity index (χ2n) is 8.84. The molecule has 0 aromatic heterocycles. The van der Waals surface area contributed by atoms with Gasteiger partial charge in [-0.3, -0.25) is 13.9 Å². The van der Waals surface area contributed by atoms with Crippen LogP contribution in [-0.4, -0.2) is 40.4 Å². The fourth-order valence-corrected chi connectivity index (χ4v) is 5.90. The van der Waals surface area contributed by atoms with Crippen molar-refractivity contribution in [2.75, 3.05) is 34.7 Å². The van der Waals surface area contributed by atoms with Crippen LogP contribution >= 0.6 is 11.6 Å². The largest absolute Gasteiger partial charge is 0.495 e. The van der Waals surface area contributed by atoms with E-state index in [1.807, 2.05) is 13.8 Å². The Morgan fingerprint density at radius 2 is 1.81 bits per heavy atom. The lowest BCUT2D eigenvalue weighted by atomic mass is 10.1. The Labute approximate surface area is 221 Å². The number of anilines is 3. The Morgan fingerprint density at radius 3 is 2.41 bits per heavy atom. The number of hydrogen-bond donors (Lipinski definition) is 1. The molecule has 0 saturated carbocycles. The summed E-state index contributed by atoms with van der Waals surface area (Å²) in [5, 5.41) is 2.99. The third-order valence-electron chi connectivity index (χ3n) is 6.16. The number of carbonyl (C=O) groups is 2. The van der Waals surface area contributed by atoms with Gasteiger partial charge in [-0.25, -0.2) is 8.42 Å². The summed E-state index contributed by atoms with van der Waals surface area (Å²) in [6.45, 7) is 3.91. The molecule has 1 N–H and O–H groups in total. The number of carbonyl (C=O) groups excluding carboxylic acids is 2. The minimum absolute atomic E-state index is 0.0494. The van der Waals surface area contributed by atoms with Gasteiger partial charge >= 0.3 is 0 Å². The summed E-state index contributed by atoms with van der Waals surface area (Å²) in [4.78, 5) is 27.0. The Bertz CT molecular complexity index is 1440. The van der Waals surface area contributed by atoms with Crippen LogP contribution in [0.2, 0.25) is 5.02 Å². The molecule has 37 heavy (non-hydrogen) atoms. The van der Waals surface area contributed by atoms with Crippen molar-refractivity contribution in [3.8, 4) is 5.75 Å². The number of ether oxygens (including phenoxy) is 1. The summed E-state index contributed by atoms with van der Waals surface area (Å²) in [5.74, 6) is -0.0726. The van der Waals surface area contributed by atoms with Crippen molar-refractivity contribution < 1.29 is 22.7 Å². The average molecular weight is 542 g/mol. The van der Waals surface area contributed by atoms with E-state index in [4.69, 9.17) is 16.3 Å². The van der Waals surface area contributed by atoms with Gasteiger partial charge in [0, 0.05) is 24.3 Å². The Morgan fingerprint density at radius 1 is 1.08 bits per heavy atom. The quantitative estimate of drug-likeness (QED) is 0.436. The van der Waals surface area contributed by atoms with Gasteiger partial charge in [0.15, 0.2) is 0 Å². The maximum atomic E-state index is 13.6. The SMILES string of the molecule is COc1ccc(N(CC(=O)Nc2ccc(N3CCCC3=O)c(C)c2)S(=O)(=O)c2ccc(C)cc2)cc1Cl. The van der Waals surface area contributed by atoms with Gasteiger partial charge in [0.1, 0.15) is 12.3 Å². The molecule has 0 radical (unpaired) electrons. The van der Waals surface area contributed by atoms with Gasteiger partial charge in [-0.1, -0.05) is 29.3 Å². The molecule has 1 saturated heterocycles. The van der Waals surface area contributed by atoms with Crippen LogP contribution in [0.3, 0.4) is 0 Å². The highest BCUT2D eigenvalue weighted by Crippen LogP contribution is 2.32. The van der Waals surface area contributed by atoms with Crippen LogP contribution < -0.4 is 19.3 Å². The molecule has 0 bridgehead atoms. The first kappa shape index (κ1) is 26.5. The van der Waals surface area contributed by atoms with Crippen LogP contribution in [0.25, 0.3) is 0 Å². The first-order chi connectivity index (χ1) is 17.6. The Hall–Kier alpha value is -3.56. The second kappa shape index (κ2) is 10.8. The van der Waals surface area contributed by atoms with Crippen molar-refractivity contribution in [1.82, 2.24) is 0 Å². The summed E-state index contributed by atoms with van der Waals surface area (Å²) < 4.78 is 33.4. The number of sulfonamides is 1. The fourth-order valence-electron chi connectivity index (χ4n) is 4.23. The monoisotopic (exact) mass is 541 g/mol. The molecule has 1 fully saturated rings. The Kier molecular flexibility index (Phi) is 7.75. The van der Waals surface area contributed by atoms with E-state index >= 15 is 0 Å². The molecule has 8 nitrogen and oxygen atoms in total. The van der Waals surface area contributed by atoms with E-state index in [0.717, 1.165) is 27.5 Å². The first-order valence-corrected chi connectivity index (χ1v) is 13.6. The number of nitrogens with one attached hydrogen (secondary N) is 1. The molecular weight excluding hydrogens is 514 g/mol.